The number of hydrogen-bond donors (Lipinski definition) is 0. The van der Waals surface area contributed by atoms with Gasteiger partial charge in [0.25, 0.3) is 0 Å². The fraction of sp³-hybridized carbons (Fsp3) is 0.500. The van der Waals surface area contributed by atoms with Crippen molar-refractivity contribution in [2.45, 2.75) is 46.5 Å². The molecule has 0 heterocycles. The molecule has 0 aliphatic carbocycles. The van der Waals surface area contributed by atoms with Crippen LogP contribution in [0.4, 0.5) is 0 Å². The molecule has 0 saturated carbocycles. The first kappa shape index (κ1) is 13.0. The fourth-order valence-electron chi connectivity index (χ4n) is 1.85. The molecule has 0 heteroatoms. The summed E-state index contributed by atoms with van der Waals surface area (Å²) in [5.74, 6) is 0.748. The zero-order chi connectivity index (χ0) is 11.8. The molecule has 0 nitrogen and oxygen atoms in total. The summed E-state index contributed by atoms with van der Waals surface area (Å²) in [4.78, 5) is 0. The van der Waals surface area contributed by atoms with Crippen molar-refractivity contribution in [1.29, 1.82) is 0 Å². The molecule has 0 unspecified atom stereocenters. The maximum Gasteiger partial charge on any atom is -0.0244 e. The van der Waals surface area contributed by atoms with Gasteiger partial charge in [-0.3, -0.25) is 0 Å². The van der Waals surface area contributed by atoms with Gasteiger partial charge in [-0.2, -0.15) is 0 Å². The van der Waals surface area contributed by atoms with Crippen LogP contribution in [0, 0.1) is 5.92 Å². The van der Waals surface area contributed by atoms with Crippen LogP contribution in [0.25, 0.3) is 0 Å². The molecule has 0 aliphatic heterocycles. The summed E-state index contributed by atoms with van der Waals surface area (Å²) < 4.78 is 0. The number of benzene rings is 1. The van der Waals surface area contributed by atoms with E-state index in [0.29, 0.717) is 0 Å². The molecule has 1 aromatic carbocycles. The summed E-state index contributed by atoms with van der Waals surface area (Å²) in [6, 6.07) is 9.10. The van der Waals surface area contributed by atoms with Gasteiger partial charge in [0.2, 0.25) is 0 Å². The van der Waals surface area contributed by atoms with Gasteiger partial charge in [-0.25, -0.2) is 0 Å². The van der Waals surface area contributed by atoms with Crippen LogP contribution in [0.2, 0.25) is 0 Å². The Bertz CT molecular complexity index is 303. The first-order chi connectivity index (χ1) is 7.72. The molecule has 0 aliphatic rings. The Morgan fingerprint density at radius 1 is 1.00 bits per heavy atom. The Balaban J connectivity index is 2.42. The maximum absolute atomic E-state index is 2.28. The van der Waals surface area contributed by atoms with Gasteiger partial charge in [0.15, 0.2) is 0 Å². The highest BCUT2D eigenvalue weighted by atomic mass is 14.0. The quantitative estimate of drug-likeness (QED) is 0.600. The molecule has 88 valence electrons. The standard InChI is InChI=1S/C16H24/c1-4-5-6-7-8-15-9-11-16(12-10-15)13-14(2)3/h5-6,9-12,14H,4,7-8,13H2,1-3H3. The molecular formula is C16H24. The van der Waals surface area contributed by atoms with Crippen molar-refractivity contribution in [1.82, 2.24) is 0 Å². The van der Waals surface area contributed by atoms with E-state index in [0.717, 1.165) is 18.8 Å². The zero-order valence-electron chi connectivity index (χ0n) is 10.9. The Morgan fingerprint density at radius 2 is 1.62 bits per heavy atom. The number of allylic oxidation sites excluding steroid dienone is 2. The summed E-state index contributed by atoms with van der Waals surface area (Å²) >= 11 is 0. The van der Waals surface area contributed by atoms with Crippen LogP contribution >= 0.6 is 0 Å². The van der Waals surface area contributed by atoms with Gasteiger partial charge in [-0.1, -0.05) is 57.2 Å². The summed E-state index contributed by atoms with van der Waals surface area (Å²) in [6.07, 6.45) is 9.19. The lowest BCUT2D eigenvalue weighted by molar-refractivity contribution is 0.647. The highest BCUT2D eigenvalue weighted by molar-refractivity contribution is 5.23. The van der Waals surface area contributed by atoms with Crippen molar-refractivity contribution in [3.63, 3.8) is 0 Å². The molecule has 0 saturated heterocycles. The third-order valence-corrected chi connectivity index (χ3v) is 2.67. The van der Waals surface area contributed by atoms with E-state index in [1.807, 2.05) is 0 Å². The number of hydrogen-bond acceptors (Lipinski definition) is 0. The molecule has 1 aromatic rings. The van der Waals surface area contributed by atoms with Gasteiger partial charge < -0.3 is 0 Å². The monoisotopic (exact) mass is 216 g/mol. The summed E-state index contributed by atoms with van der Waals surface area (Å²) in [7, 11) is 0. The molecule has 16 heavy (non-hydrogen) atoms. The van der Waals surface area contributed by atoms with Crippen LogP contribution in [-0.2, 0) is 12.8 Å². The topological polar surface area (TPSA) is 0 Å². The van der Waals surface area contributed by atoms with Crippen molar-refractivity contribution in [3.8, 4) is 0 Å². The zero-order valence-corrected chi connectivity index (χ0v) is 10.9. The fourth-order valence-corrected chi connectivity index (χ4v) is 1.85. The van der Waals surface area contributed by atoms with Crippen LogP contribution in [-0.4, -0.2) is 0 Å². The third kappa shape index (κ3) is 5.16. The third-order valence-electron chi connectivity index (χ3n) is 2.67. The molecule has 0 amide bonds. The normalized spacial score (nSPS) is 11.5. The highest BCUT2D eigenvalue weighted by Gasteiger charge is 1.97. The first-order valence-electron chi connectivity index (χ1n) is 6.45. The second-order valence-corrected chi connectivity index (χ2v) is 4.83. The Morgan fingerprint density at radius 3 is 2.19 bits per heavy atom. The van der Waals surface area contributed by atoms with Crippen molar-refractivity contribution >= 4 is 0 Å². The first-order valence-corrected chi connectivity index (χ1v) is 6.45. The second kappa shape index (κ2) is 7.27. The van der Waals surface area contributed by atoms with Gasteiger partial charge in [0.1, 0.15) is 0 Å². The molecule has 0 atom stereocenters. The SMILES string of the molecule is CCC=CCCc1ccc(CC(C)C)cc1. The molecule has 0 N–H and O–H groups in total. The van der Waals surface area contributed by atoms with Gasteiger partial charge in [0.05, 0.1) is 0 Å². The predicted octanol–water partition coefficient (Wildman–Crippen LogP) is 4.78. The molecule has 0 aromatic heterocycles. The lowest BCUT2D eigenvalue weighted by Crippen LogP contribution is -1.94. The van der Waals surface area contributed by atoms with E-state index >= 15 is 0 Å². The van der Waals surface area contributed by atoms with Crippen molar-refractivity contribution in [2.75, 3.05) is 0 Å². The minimum absolute atomic E-state index is 0.748. The van der Waals surface area contributed by atoms with Gasteiger partial charge in [0, 0.05) is 0 Å². The van der Waals surface area contributed by atoms with E-state index < -0.39 is 0 Å². The molecule has 0 bridgehead atoms. The van der Waals surface area contributed by atoms with Crippen LogP contribution in [0.5, 0.6) is 0 Å². The molecule has 0 radical (unpaired) electrons. The smallest absolute Gasteiger partial charge is 0.0244 e. The summed E-state index contributed by atoms with van der Waals surface area (Å²) in [5.41, 5.74) is 2.91. The maximum atomic E-state index is 2.28. The van der Waals surface area contributed by atoms with E-state index in [9.17, 15) is 0 Å². The number of aryl methyl sites for hydroxylation is 1. The lowest BCUT2D eigenvalue weighted by Gasteiger charge is -2.05. The lowest BCUT2D eigenvalue weighted by atomic mass is 10.0. The van der Waals surface area contributed by atoms with Gasteiger partial charge >= 0.3 is 0 Å². The molecule has 0 fully saturated rings. The Labute approximate surface area is 100 Å². The van der Waals surface area contributed by atoms with Crippen LogP contribution < -0.4 is 0 Å². The van der Waals surface area contributed by atoms with E-state index in [2.05, 4.69) is 57.2 Å². The average Bonchev–Trinajstić information content (AvgIpc) is 2.26. The van der Waals surface area contributed by atoms with Gasteiger partial charge in [-0.05, 0) is 42.7 Å². The molecule has 0 spiro atoms. The Hall–Kier alpha value is -1.04. The van der Waals surface area contributed by atoms with E-state index in [4.69, 9.17) is 0 Å². The van der Waals surface area contributed by atoms with Crippen LogP contribution in [0.3, 0.4) is 0 Å². The van der Waals surface area contributed by atoms with Crippen molar-refractivity contribution in [2.24, 2.45) is 5.92 Å². The summed E-state index contributed by atoms with van der Waals surface area (Å²) in [6.45, 7) is 6.71. The van der Waals surface area contributed by atoms with Crippen LogP contribution in [0.15, 0.2) is 36.4 Å². The van der Waals surface area contributed by atoms with E-state index in [-0.39, 0.29) is 0 Å². The minimum Gasteiger partial charge on any atom is -0.0888 e. The van der Waals surface area contributed by atoms with E-state index in [1.54, 1.807) is 0 Å². The average molecular weight is 216 g/mol. The minimum atomic E-state index is 0.748. The number of rotatable bonds is 6. The Kier molecular flexibility index (Phi) is 5.92. The van der Waals surface area contributed by atoms with Crippen LogP contribution in [0.1, 0.15) is 44.7 Å². The van der Waals surface area contributed by atoms with Gasteiger partial charge in [-0.15, -0.1) is 0 Å². The van der Waals surface area contributed by atoms with Crippen molar-refractivity contribution < 1.29 is 0 Å². The molecular weight excluding hydrogens is 192 g/mol. The summed E-state index contributed by atoms with van der Waals surface area (Å²) in [5, 5.41) is 0. The largest absolute Gasteiger partial charge is 0.0888 e. The van der Waals surface area contributed by atoms with E-state index in [1.165, 1.54) is 24.0 Å². The van der Waals surface area contributed by atoms with Crippen molar-refractivity contribution in [3.05, 3.63) is 47.5 Å². The second-order valence-electron chi connectivity index (χ2n) is 4.83. The molecule has 1 rings (SSSR count). The predicted molar refractivity (Wildman–Crippen MR) is 72.7 cm³/mol. The highest BCUT2D eigenvalue weighted by Crippen LogP contribution is 2.11.